The van der Waals surface area contributed by atoms with Crippen LogP contribution >= 0.6 is 0 Å². The molecule has 3 rings (SSSR count). The number of carbonyl (C=O) groups excluding carboxylic acids is 3. The van der Waals surface area contributed by atoms with Crippen molar-refractivity contribution in [3.05, 3.63) is 41.3 Å². The number of nitrogens with zero attached hydrogens (tertiary/aromatic N) is 1. The Morgan fingerprint density at radius 2 is 1.88 bits per heavy atom. The van der Waals surface area contributed by atoms with Gasteiger partial charge in [0.15, 0.2) is 5.78 Å². The average Bonchev–Trinajstić information content (AvgIpc) is 2.79. The maximum atomic E-state index is 13.1. The molecule has 2 aliphatic heterocycles. The van der Waals surface area contributed by atoms with Crippen LogP contribution in [-0.4, -0.2) is 23.2 Å². The lowest BCUT2D eigenvalue weighted by Crippen LogP contribution is -2.56. The lowest BCUT2D eigenvalue weighted by Gasteiger charge is -2.39. The van der Waals surface area contributed by atoms with Gasteiger partial charge in [-0.2, -0.15) is 5.26 Å². The van der Waals surface area contributed by atoms with Crippen molar-refractivity contribution in [2.45, 2.75) is 38.7 Å². The third-order valence-electron chi connectivity index (χ3n) is 4.40. The van der Waals surface area contributed by atoms with Gasteiger partial charge in [0, 0.05) is 5.69 Å². The molecular formula is C19H19N3O4. The van der Waals surface area contributed by atoms with Gasteiger partial charge in [-0.3, -0.25) is 19.7 Å². The minimum absolute atomic E-state index is 0.0129. The van der Waals surface area contributed by atoms with Gasteiger partial charge in [0.1, 0.15) is 16.9 Å². The zero-order chi connectivity index (χ0) is 19.3. The molecule has 2 heterocycles. The second-order valence-corrected chi connectivity index (χ2v) is 7.33. The van der Waals surface area contributed by atoms with Gasteiger partial charge in [0.05, 0.1) is 11.6 Å². The number of fused-ring (bicyclic) bond motifs is 2. The largest absolute Gasteiger partial charge is 0.473 e. The normalized spacial score (nSPS) is 24.7. The molecule has 0 fully saturated rings. The minimum Gasteiger partial charge on any atom is -0.473 e. The van der Waals surface area contributed by atoms with Crippen LogP contribution in [0.5, 0.6) is 0 Å². The first-order valence-corrected chi connectivity index (χ1v) is 8.19. The molecule has 26 heavy (non-hydrogen) atoms. The minimum atomic E-state index is -1.74. The molecule has 134 valence electrons. The number of anilines is 1. The van der Waals surface area contributed by atoms with Gasteiger partial charge in [-0.1, -0.05) is 18.2 Å². The van der Waals surface area contributed by atoms with Crippen molar-refractivity contribution >= 4 is 23.3 Å². The lowest BCUT2D eigenvalue weighted by molar-refractivity contribution is -0.134. The molecule has 1 aromatic carbocycles. The Morgan fingerprint density at radius 1 is 1.23 bits per heavy atom. The molecule has 2 atom stereocenters. The lowest BCUT2D eigenvalue weighted by atomic mass is 9.63. The Bertz CT molecular complexity index is 904. The summed E-state index contributed by atoms with van der Waals surface area (Å²) in [6.45, 7) is 6.57. The van der Waals surface area contributed by atoms with Crippen LogP contribution in [0, 0.1) is 17.2 Å². The van der Waals surface area contributed by atoms with Crippen molar-refractivity contribution in [3.8, 4) is 6.07 Å². The maximum Gasteiger partial charge on any atom is 0.245 e. The molecule has 2 N–H and O–H groups in total. The molecule has 7 nitrogen and oxygen atoms in total. The summed E-state index contributed by atoms with van der Waals surface area (Å²) in [5.41, 5.74) is -1.58. The zero-order valence-electron chi connectivity index (χ0n) is 15.0. The summed E-state index contributed by atoms with van der Waals surface area (Å²) in [6.07, 6.45) is 0. The van der Waals surface area contributed by atoms with E-state index in [0.717, 1.165) is 0 Å². The van der Waals surface area contributed by atoms with Gasteiger partial charge in [0.2, 0.25) is 17.7 Å². The fraction of sp³-hybridized carbons (Fsp3) is 0.368. The summed E-state index contributed by atoms with van der Waals surface area (Å²) < 4.78 is 5.80. The molecule has 7 heteroatoms. The number of hydrogen-bond acceptors (Lipinski definition) is 5. The average molecular weight is 353 g/mol. The monoisotopic (exact) mass is 353 g/mol. The summed E-state index contributed by atoms with van der Waals surface area (Å²) in [6, 6.07) is 8.66. The second kappa shape index (κ2) is 5.70. The van der Waals surface area contributed by atoms with E-state index in [9.17, 15) is 19.6 Å². The Hall–Kier alpha value is -3.14. The molecule has 0 saturated heterocycles. The summed E-state index contributed by atoms with van der Waals surface area (Å²) in [5, 5.41) is 14.9. The number of benzene rings is 1. The highest BCUT2D eigenvalue weighted by atomic mass is 16.5. The van der Waals surface area contributed by atoms with E-state index in [1.165, 1.54) is 6.92 Å². The van der Waals surface area contributed by atoms with E-state index < -0.39 is 34.5 Å². The number of Topliss-reactive ketones (excluding diaryl/α,β-unsaturated/α-hetero) is 1. The van der Waals surface area contributed by atoms with Crippen LogP contribution in [-0.2, 0) is 24.5 Å². The summed E-state index contributed by atoms with van der Waals surface area (Å²) >= 11 is 0. The SMILES string of the molecule is CC(=O)C1=C(OC(C)(C)C)NC(=O)C(C#N)C12C(=O)Nc1ccccc12. The van der Waals surface area contributed by atoms with Gasteiger partial charge in [-0.15, -0.1) is 0 Å². The van der Waals surface area contributed by atoms with Crippen molar-refractivity contribution in [1.82, 2.24) is 5.32 Å². The molecule has 2 aliphatic rings. The van der Waals surface area contributed by atoms with E-state index >= 15 is 0 Å². The number of para-hydroxylation sites is 1. The number of amides is 2. The number of carbonyl (C=O) groups is 3. The van der Waals surface area contributed by atoms with E-state index in [4.69, 9.17) is 4.74 Å². The Morgan fingerprint density at radius 3 is 2.46 bits per heavy atom. The number of hydrogen-bond donors (Lipinski definition) is 2. The maximum absolute atomic E-state index is 13.1. The third kappa shape index (κ3) is 2.37. The van der Waals surface area contributed by atoms with Crippen molar-refractivity contribution < 1.29 is 19.1 Å². The zero-order valence-corrected chi connectivity index (χ0v) is 15.0. The summed E-state index contributed by atoms with van der Waals surface area (Å²) in [4.78, 5) is 38.3. The topological polar surface area (TPSA) is 108 Å². The van der Waals surface area contributed by atoms with Crippen molar-refractivity contribution in [3.63, 3.8) is 0 Å². The highest BCUT2D eigenvalue weighted by Gasteiger charge is 2.62. The quantitative estimate of drug-likeness (QED) is 0.842. The highest BCUT2D eigenvalue weighted by Crippen LogP contribution is 2.51. The first-order valence-electron chi connectivity index (χ1n) is 8.19. The molecule has 0 aromatic heterocycles. The van der Waals surface area contributed by atoms with Crippen LogP contribution in [0.25, 0.3) is 0 Å². The van der Waals surface area contributed by atoms with Gasteiger partial charge >= 0.3 is 0 Å². The number of ether oxygens (including phenoxy) is 1. The molecule has 0 aliphatic carbocycles. The molecule has 0 radical (unpaired) electrons. The molecule has 2 unspecified atom stereocenters. The molecular weight excluding hydrogens is 334 g/mol. The molecule has 2 amide bonds. The van der Waals surface area contributed by atoms with E-state index in [1.807, 2.05) is 6.07 Å². The predicted molar refractivity (Wildman–Crippen MR) is 92.5 cm³/mol. The smallest absolute Gasteiger partial charge is 0.245 e. The van der Waals surface area contributed by atoms with Crippen LogP contribution in [0.15, 0.2) is 35.7 Å². The van der Waals surface area contributed by atoms with Crippen molar-refractivity contribution in [1.29, 1.82) is 5.26 Å². The van der Waals surface area contributed by atoms with E-state index in [-0.39, 0.29) is 11.5 Å². The Balaban J connectivity index is 2.40. The van der Waals surface area contributed by atoms with Crippen molar-refractivity contribution in [2.24, 2.45) is 5.92 Å². The van der Waals surface area contributed by atoms with Crippen LogP contribution in [0.3, 0.4) is 0 Å². The first-order chi connectivity index (χ1) is 12.1. The third-order valence-corrected chi connectivity index (χ3v) is 4.40. The number of nitrogens with one attached hydrogen (secondary N) is 2. The van der Waals surface area contributed by atoms with Gasteiger partial charge in [0.25, 0.3) is 0 Å². The number of ketones is 1. The Kier molecular flexibility index (Phi) is 3.87. The van der Waals surface area contributed by atoms with E-state index in [1.54, 1.807) is 45.0 Å². The second-order valence-electron chi connectivity index (χ2n) is 7.33. The predicted octanol–water partition coefficient (Wildman–Crippen LogP) is 1.76. The Labute approximate surface area is 151 Å². The fourth-order valence-corrected chi connectivity index (χ4v) is 3.56. The molecule has 1 spiro atoms. The van der Waals surface area contributed by atoms with Gasteiger partial charge < -0.3 is 10.1 Å². The van der Waals surface area contributed by atoms with Crippen LogP contribution in [0.4, 0.5) is 5.69 Å². The van der Waals surface area contributed by atoms with E-state index in [2.05, 4.69) is 10.6 Å². The van der Waals surface area contributed by atoms with Crippen molar-refractivity contribution in [2.75, 3.05) is 5.32 Å². The molecule has 1 aromatic rings. The molecule has 0 saturated carbocycles. The van der Waals surface area contributed by atoms with Crippen LogP contribution in [0.1, 0.15) is 33.3 Å². The molecule has 0 bridgehead atoms. The standard InChI is InChI=1S/C19H19N3O4/c1-10(23)14-16(26-18(2,3)4)22-15(24)12(9-20)19(14)11-7-5-6-8-13(11)21-17(19)25/h5-8,12H,1-4H3,(H,21,25)(H,22,24). The number of rotatable bonds is 2. The summed E-state index contributed by atoms with van der Waals surface area (Å²) in [5.74, 6) is -3.18. The van der Waals surface area contributed by atoms with Gasteiger partial charge in [-0.25, -0.2) is 0 Å². The first kappa shape index (κ1) is 17.7. The fourth-order valence-electron chi connectivity index (χ4n) is 3.56. The highest BCUT2D eigenvalue weighted by molar-refractivity contribution is 6.19. The number of nitriles is 1. The summed E-state index contributed by atoms with van der Waals surface area (Å²) in [7, 11) is 0. The van der Waals surface area contributed by atoms with Gasteiger partial charge in [-0.05, 0) is 39.3 Å². The van der Waals surface area contributed by atoms with E-state index in [0.29, 0.717) is 11.3 Å². The van der Waals surface area contributed by atoms with Crippen LogP contribution < -0.4 is 10.6 Å². The van der Waals surface area contributed by atoms with Crippen LogP contribution in [0.2, 0.25) is 0 Å².